The van der Waals surface area contributed by atoms with E-state index in [0.29, 0.717) is 19.3 Å². The number of ether oxygens (including phenoxy) is 2. The van der Waals surface area contributed by atoms with Crippen molar-refractivity contribution in [2.24, 2.45) is 5.73 Å². The van der Waals surface area contributed by atoms with Gasteiger partial charge in [0, 0.05) is 12.8 Å². The van der Waals surface area contributed by atoms with Gasteiger partial charge < -0.3 is 25.2 Å². The van der Waals surface area contributed by atoms with Gasteiger partial charge in [-0.1, -0.05) is 184 Å². The highest BCUT2D eigenvalue weighted by atomic mass is 31.2. The molecule has 0 aromatic heterocycles. The Morgan fingerprint density at radius 2 is 0.915 bits per heavy atom. The number of hydrogen-bond acceptors (Lipinski definition) is 9. The third kappa shape index (κ3) is 41.9. The van der Waals surface area contributed by atoms with E-state index in [-0.39, 0.29) is 19.4 Å². The predicted molar refractivity (Wildman–Crippen MR) is 240 cm³/mol. The molecule has 0 fully saturated rings. The zero-order valence-corrected chi connectivity index (χ0v) is 38.0. The molecule has 0 heterocycles. The van der Waals surface area contributed by atoms with Crippen molar-refractivity contribution in [3.05, 3.63) is 48.6 Å². The monoisotopic (exact) mass is 854 g/mol. The Hall–Kier alpha value is -2.56. The molecule has 4 N–H and O–H groups in total. The first-order valence-electron chi connectivity index (χ1n) is 23.2. The highest BCUT2D eigenvalue weighted by Gasteiger charge is 2.28. The second-order valence-electron chi connectivity index (χ2n) is 15.5. The third-order valence-corrected chi connectivity index (χ3v) is 10.8. The summed E-state index contributed by atoms with van der Waals surface area (Å²) >= 11 is 0. The molecule has 1 unspecified atom stereocenters. The van der Waals surface area contributed by atoms with E-state index in [1.807, 2.05) is 6.08 Å². The number of allylic oxidation sites excluding steroid dienone is 8. The van der Waals surface area contributed by atoms with Gasteiger partial charge in [-0.15, -0.1) is 0 Å². The summed E-state index contributed by atoms with van der Waals surface area (Å²) in [5.41, 5.74) is 5.34. The summed E-state index contributed by atoms with van der Waals surface area (Å²) in [7, 11) is -4.73. The second-order valence-corrected chi connectivity index (χ2v) is 17.0. The van der Waals surface area contributed by atoms with Crippen LogP contribution in [0.2, 0.25) is 0 Å². The van der Waals surface area contributed by atoms with Crippen LogP contribution in [0.3, 0.4) is 0 Å². The minimum atomic E-state index is -4.73. The van der Waals surface area contributed by atoms with Crippen molar-refractivity contribution in [1.29, 1.82) is 0 Å². The number of esters is 2. The highest BCUT2D eigenvalue weighted by Crippen LogP contribution is 2.43. The first-order chi connectivity index (χ1) is 28.6. The van der Waals surface area contributed by atoms with Gasteiger partial charge in [0.2, 0.25) is 0 Å². The summed E-state index contributed by atoms with van der Waals surface area (Å²) < 4.78 is 32.7. The molecule has 0 saturated heterocycles. The van der Waals surface area contributed by atoms with E-state index in [2.05, 4.69) is 60.9 Å². The number of nitrogens with two attached hydrogens (primary N) is 1. The molecule has 0 radical (unpaired) electrons. The number of hydrogen-bond donors (Lipinski definition) is 3. The first kappa shape index (κ1) is 56.4. The van der Waals surface area contributed by atoms with Crippen LogP contribution >= 0.6 is 7.82 Å². The molecular formula is C47H84NO10P. The molecule has 0 saturated carbocycles. The Kier molecular flexibility index (Phi) is 40.3. The van der Waals surface area contributed by atoms with Crippen LogP contribution in [0.1, 0.15) is 200 Å². The maximum absolute atomic E-state index is 12.6. The fourth-order valence-corrected chi connectivity index (χ4v) is 6.95. The van der Waals surface area contributed by atoms with Crippen molar-refractivity contribution < 1.29 is 47.5 Å². The smallest absolute Gasteiger partial charge is 0.472 e. The van der Waals surface area contributed by atoms with Gasteiger partial charge in [-0.05, 0) is 51.4 Å². The zero-order valence-electron chi connectivity index (χ0n) is 37.1. The Balaban J connectivity index is 4.39. The lowest BCUT2D eigenvalue weighted by Gasteiger charge is -2.20. The lowest BCUT2D eigenvalue weighted by atomic mass is 10.0. The van der Waals surface area contributed by atoms with Gasteiger partial charge in [0.1, 0.15) is 12.6 Å². The third-order valence-electron chi connectivity index (χ3n) is 9.83. The average molecular weight is 854 g/mol. The molecule has 12 heteroatoms. The quantitative estimate of drug-likeness (QED) is 0.0231. The van der Waals surface area contributed by atoms with E-state index >= 15 is 0 Å². The van der Waals surface area contributed by atoms with E-state index < -0.39 is 51.1 Å². The molecule has 0 amide bonds. The lowest BCUT2D eigenvalue weighted by molar-refractivity contribution is -0.161. The largest absolute Gasteiger partial charge is 0.480 e. The Labute approximate surface area is 358 Å². The predicted octanol–water partition coefficient (Wildman–Crippen LogP) is 12.6. The number of carbonyl (C=O) groups is 3. The number of unbranched alkanes of at least 4 members (excludes halogenated alkanes) is 21. The van der Waals surface area contributed by atoms with Crippen molar-refractivity contribution in [2.45, 2.75) is 212 Å². The number of rotatable bonds is 43. The molecule has 0 aliphatic carbocycles. The molecule has 3 atom stereocenters. The Morgan fingerprint density at radius 1 is 0.525 bits per heavy atom. The van der Waals surface area contributed by atoms with Gasteiger partial charge in [-0.25, -0.2) is 4.57 Å². The van der Waals surface area contributed by atoms with Crippen molar-refractivity contribution in [1.82, 2.24) is 0 Å². The van der Waals surface area contributed by atoms with Gasteiger partial charge in [-0.3, -0.25) is 23.4 Å². The van der Waals surface area contributed by atoms with E-state index in [9.17, 15) is 23.8 Å². The molecule has 0 rings (SSSR count). The Morgan fingerprint density at radius 3 is 1.39 bits per heavy atom. The van der Waals surface area contributed by atoms with E-state index in [1.54, 1.807) is 0 Å². The van der Waals surface area contributed by atoms with Gasteiger partial charge in [0.15, 0.2) is 6.10 Å². The molecule has 0 aromatic carbocycles. The van der Waals surface area contributed by atoms with Crippen LogP contribution in [-0.4, -0.2) is 59.9 Å². The minimum absolute atomic E-state index is 0.146. The molecule has 0 bridgehead atoms. The average Bonchev–Trinajstić information content (AvgIpc) is 3.21. The van der Waals surface area contributed by atoms with E-state index in [0.717, 1.165) is 44.9 Å². The maximum Gasteiger partial charge on any atom is 0.472 e. The zero-order chi connectivity index (χ0) is 43.5. The van der Waals surface area contributed by atoms with Crippen molar-refractivity contribution in [2.75, 3.05) is 19.8 Å². The van der Waals surface area contributed by atoms with Crippen LogP contribution in [-0.2, 0) is 37.5 Å². The number of phosphoric acid groups is 1. The minimum Gasteiger partial charge on any atom is -0.480 e. The molecule has 0 aliphatic heterocycles. The first-order valence-corrected chi connectivity index (χ1v) is 24.7. The van der Waals surface area contributed by atoms with Crippen LogP contribution in [0.25, 0.3) is 0 Å². The van der Waals surface area contributed by atoms with E-state index in [1.165, 1.54) is 109 Å². The van der Waals surface area contributed by atoms with Gasteiger partial charge in [0.05, 0.1) is 13.2 Å². The second kappa shape index (κ2) is 42.1. The molecular weight excluding hydrogens is 769 g/mol. The van der Waals surface area contributed by atoms with Crippen LogP contribution in [0.5, 0.6) is 0 Å². The van der Waals surface area contributed by atoms with Crippen molar-refractivity contribution in [3.63, 3.8) is 0 Å². The van der Waals surface area contributed by atoms with Crippen molar-refractivity contribution >= 4 is 25.7 Å². The number of carboxylic acid groups (broad SMARTS) is 1. The Bertz CT molecular complexity index is 1190. The molecule has 0 spiro atoms. The topological polar surface area (TPSA) is 172 Å². The number of aliphatic carboxylic acids is 1. The lowest BCUT2D eigenvalue weighted by Crippen LogP contribution is -2.34. The summed E-state index contributed by atoms with van der Waals surface area (Å²) in [6.45, 7) is 2.74. The summed E-state index contributed by atoms with van der Waals surface area (Å²) in [5, 5.41) is 8.90. The molecule has 59 heavy (non-hydrogen) atoms. The summed E-state index contributed by atoms with van der Waals surface area (Å²) in [6, 6.07) is -1.53. The van der Waals surface area contributed by atoms with Crippen LogP contribution in [0.4, 0.5) is 0 Å². The summed E-state index contributed by atoms with van der Waals surface area (Å²) in [4.78, 5) is 46.0. The van der Waals surface area contributed by atoms with Crippen LogP contribution in [0.15, 0.2) is 48.6 Å². The fourth-order valence-electron chi connectivity index (χ4n) is 6.18. The van der Waals surface area contributed by atoms with Crippen molar-refractivity contribution in [3.8, 4) is 0 Å². The molecule has 0 aliphatic rings. The van der Waals surface area contributed by atoms with Crippen LogP contribution < -0.4 is 5.73 Å². The number of carbonyl (C=O) groups excluding carboxylic acids is 2. The summed E-state index contributed by atoms with van der Waals surface area (Å²) in [5.74, 6) is -2.44. The molecule has 11 nitrogen and oxygen atoms in total. The van der Waals surface area contributed by atoms with Gasteiger partial charge in [0.25, 0.3) is 0 Å². The number of carboxylic acids is 1. The van der Waals surface area contributed by atoms with Gasteiger partial charge in [-0.2, -0.15) is 0 Å². The van der Waals surface area contributed by atoms with E-state index in [4.69, 9.17) is 24.8 Å². The maximum atomic E-state index is 12.6. The summed E-state index contributed by atoms with van der Waals surface area (Å²) in [6.07, 6.45) is 47.5. The van der Waals surface area contributed by atoms with Gasteiger partial charge >= 0.3 is 25.7 Å². The highest BCUT2D eigenvalue weighted by molar-refractivity contribution is 7.47. The van der Waals surface area contributed by atoms with Crippen LogP contribution in [0, 0.1) is 0 Å². The fraction of sp³-hybridized carbons (Fsp3) is 0.766. The molecule has 0 aromatic rings. The SMILES string of the molecule is CCCCC/C=C\C/C=C\C/C=C\C/C=C\CCCC(=O)OC[C@H](COP(=O)(O)OC[C@H](N)C(=O)O)OC(=O)CCCCCCCCCCCCCCCCCCCC. The standard InChI is InChI=1S/C47H84NO10P/c1-3-5-7-9-11-13-15-17-19-21-23-25-27-29-31-33-35-37-39-46(50)58-43(41-56-59(53,54)57-42-44(48)47(51)52)40-55-45(49)38-36-34-32-30-28-26-24-22-20-18-16-14-12-10-8-6-4-2/h12,14,18,20,24,26,30,32,43-44H,3-11,13,15-17,19,21-23,25,27-29,31,33-42,48H2,1-2H3,(H,51,52)(H,53,54)/b14-12-,20-18-,26-24-,32-30-/t43-,44+/m1/s1. The normalized spacial score (nSPS) is 14.1. The molecule has 342 valence electrons. The number of phosphoric ester groups is 1.